The fraction of sp³-hybridized carbons (Fsp3) is 0.364. The molecule has 0 unspecified atom stereocenters. The minimum absolute atomic E-state index is 0.0624. The normalized spacial score (nSPS) is 14.4. The third kappa shape index (κ3) is 4.50. The lowest BCUT2D eigenvalue weighted by molar-refractivity contribution is -0.127. The number of rotatable bonds is 6. The molecule has 0 bridgehead atoms. The zero-order chi connectivity index (χ0) is 19.3. The number of piperidine rings is 1. The second kappa shape index (κ2) is 8.69. The number of hydrogen-bond donors (Lipinski definition) is 0. The van der Waals surface area contributed by atoms with E-state index in [4.69, 9.17) is 4.42 Å². The molecule has 1 fully saturated rings. The van der Waals surface area contributed by atoms with Gasteiger partial charge in [-0.2, -0.15) is 0 Å². The maximum Gasteiger partial charge on any atom is 0.257 e. The van der Waals surface area contributed by atoms with Crippen LogP contribution in [0.15, 0.2) is 58.2 Å². The molecule has 5 nitrogen and oxygen atoms in total. The molecule has 4 rings (SSSR count). The van der Waals surface area contributed by atoms with Crippen molar-refractivity contribution in [1.29, 1.82) is 0 Å². The van der Waals surface area contributed by atoms with Crippen molar-refractivity contribution in [3.63, 3.8) is 0 Å². The maximum absolute atomic E-state index is 12.5. The van der Waals surface area contributed by atoms with E-state index in [0.29, 0.717) is 17.5 Å². The molecule has 1 saturated heterocycles. The Morgan fingerprint density at radius 3 is 2.61 bits per heavy atom. The summed E-state index contributed by atoms with van der Waals surface area (Å²) in [6.07, 6.45) is 3.89. The molecule has 3 aromatic rings. The highest BCUT2D eigenvalue weighted by molar-refractivity contribution is 7.99. The molecule has 0 aliphatic carbocycles. The summed E-state index contributed by atoms with van der Waals surface area (Å²) < 4.78 is 5.66. The van der Waals surface area contributed by atoms with Gasteiger partial charge >= 0.3 is 0 Å². The van der Waals surface area contributed by atoms with Crippen LogP contribution >= 0.6 is 11.8 Å². The lowest BCUT2D eigenvalue weighted by Gasteiger charge is -2.29. The minimum atomic E-state index is 0.0624. The van der Waals surface area contributed by atoms with Crippen molar-refractivity contribution in [3.8, 4) is 0 Å². The number of anilines is 1. The van der Waals surface area contributed by atoms with Crippen molar-refractivity contribution in [2.75, 3.05) is 30.8 Å². The van der Waals surface area contributed by atoms with Crippen molar-refractivity contribution in [2.45, 2.75) is 31.0 Å². The van der Waals surface area contributed by atoms with Crippen LogP contribution in [0.2, 0.25) is 0 Å². The summed E-state index contributed by atoms with van der Waals surface area (Å²) in [6, 6.07) is 16.2. The molecule has 1 aromatic heterocycles. The number of amides is 1. The number of hydrogen-bond acceptors (Lipinski definition) is 5. The van der Waals surface area contributed by atoms with E-state index in [1.165, 1.54) is 36.7 Å². The van der Waals surface area contributed by atoms with E-state index in [1.54, 1.807) is 4.90 Å². The monoisotopic (exact) mass is 395 g/mol. The molecule has 1 aliphatic heterocycles. The molecule has 0 spiro atoms. The third-order valence-corrected chi connectivity index (χ3v) is 5.91. The summed E-state index contributed by atoms with van der Waals surface area (Å²) >= 11 is 1.34. The van der Waals surface area contributed by atoms with Crippen molar-refractivity contribution >= 4 is 34.5 Å². The number of fused-ring (bicyclic) bond motifs is 1. The zero-order valence-corrected chi connectivity index (χ0v) is 17.0. The number of oxazole rings is 1. The van der Waals surface area contributed by atoms with Crippen LogP contribution in [0, 0.1) is 0 Å². The number of nitrogens with zero attached hydrogens (tertiary/aromatic N) is 3. The second-order valence-electron chi connectivity index (χ2n) is 7.20. The van der Waals surface area contributed by atoms with Crippen molar-refractivity contribution in [2.24, 2.45) is 0 Å². The van der Waals surface area contributed by atoms with Crippen molar-refractivity contribution in [3.05, 3.63) is 54.1 Å². The van der Waals surface area contributed by atoms with Gasteiger partial charge in [-0.1, -0.05) is 36.0 Å². The van der Waals surface area contributed by atoms with Gasteiger partial charge in [0.15, 0.2) is 5.58 Å². The summed E-state index contributed by atoms with van der Waals surface area (Å²) in [5.74, 6) is 0.377. The highest BCUT2D eigenvalue weighted by Gasteiger charge is 2.14. The van der Waals surface area contributed by atoms with Crippen LogP contribution in [-0.4, -0.2) is 41.7 Å². The van der Waals surface area contributed by atoms with Gasteiger partial charge in [0.1, 0.15) is 5.52 Å². The Morgan fingerprint density at radius 1 is 1.11 bits per heavy atom. The van der Waals surface area contributed by atoms with Crippen LogP contribution in [0.3, 0.4) is 0 Å². The summed E-state index contributed by atoms with van der Waals surface area (Å²) in [5, 5.41) is 0.536. The quantitative estimate of drug-likeness (QED) is 0.572. The average Bonchev–Trinajstić information content (AvgIpc) is 3.16. The SMILES string of the molecule is CN(Cc1ccc(N2CCCCC2)cc1)C(=O)CSc1nc2ccccc2o1. The summed E-state index contributed by atoms with van der Waals surface area (Å²) in [5.41, 5.74) is 3.99. The summed E-state index contributed by atoms with van der Waals surface area (Å²) in [4.78, 5) is 21.1. The van der Waals surface area contributed by atoms with Crippen LogP contribution in [-0.2, 0) is 11.3 Å². The van der Waals surface area contributed by atoms with Crippen LogP contribution < -0.4 is 4.90 Å². The molecule has 0 atom stereocenters. The maximum atomic E-state index is 12.5. The molecule has 1 aliphatic rings. The molecule has 0 saturated carbocycles. The Morgan fingerprint density at radius 2 is 1.86 bits per heavy atom. The first-order valence-corrected chi connectivity index (χ1v) is 10.7. The molecule has 0 N–H and O–H groups in total. The fourth-order valence-electron chi connectivity index (χ4n) is 3.47. The van der Waals surface area contributed by atoms with Gasteiger partial charge in [-0.25, -0.2) is 4.98 Å². The predicted molar refractivity (Wildman–Crippen MR) is 114 cm³/mol. The van der Waals surface area contributed by atoms with E-state index in [-0.39, 0.29) is 5.91 Å². The number of para-hydroxylation sites is 2. The Kier molecular flexibility index (Phi) is 5.86. The Hall–Kier alpha value is -2.47. The molecule has 2 heterocycles. The minimum Gasteiger partial charge on any atom is -0.431 e. The lowest BCUT2D eigenvalue weighted by atomic mass is 10.1. The Labute approximate surface area is 169 Å². The number of thioether (sulfide) groups is 1. The number of carbonyl (C=O) groups is 1. The van der Waals surface area contributed by atoms with Gasteiger partial charge in [0.05, 0.1) is 5.75 Å². The number of aromatic nitrogens is 1. The van der Waals surface area contributed by atoms with E-state index >= 15 is 0 Å². The van der Waals surface area contributed by atoms with Crippen LogP contribution in [0.5, 0.6) is 0 Å². The summed E-state index contributed by atoms with van der Waals surface area (Å²) in [6.45, 7) is 2.89. The predicted octanol–water partition coefficient (Wildman–Crippen LogP) is 4.57. The largest absolute Gasteiger partial charge is 0.431 e. The first-order valence-electron chi connectivity index (χ1n) is 9.75. The van der Waals surface area contributed by atoms with Gasteiger partial charge in [-0.3, -0.25) is 4.79 Å². The lowest BCUT2D eigenvalue weighted by Crippen LogP contribution is -2.29. The van der Waals surface area contributed by atoms with E-state index < -0.39 is 0 Å². The van der Waals surface area contributed by atoms with E-state index in [2.05, 4.69) is 34.1 Å². The molecular weight excluding hydrogens is 370 g/mol. The third-order valence-electron chi connectivity index (χ3n) is 5.10. The zero-order valence-electron chi connectivity index (χ0n) is 16.1. The fourth-order valence-corrected chi connectivity index (χ4v) is 4.25. The molecular formula is C22H25N3O2S. The smallest absolute Gasteiger partial charge is 0.257 e. The number of carbonyl (C=O) groups excluding carboxylic acids is 1. The van der Waals surface area contributed by atoms with Crippen molar-refractivity contribution in [1.82, 2.24) is 9.88 Å². The molecule has 6 heteroatoms. The molecule has 0 radical (unpaired) electrons. The van der Waals surface area contributed by atoms with Gasteiger partial charge < -0.3 is 14.2 Å². The first kappa shape index (κ1) is 18.9. The molecule has 1 amide bonds. The van der Waals surface area contributed by atoms with E-state index in [9.17, 15) is 4.79 Å². The first-order chi connectivity index (χ1) is 13.7. The highest BCUT2D eigenvalue weighted by Crippen LogP contribution is 2.24. The molecule has 28 heavy (non-hydrogen) atoms. The van der Waals surface area contributed by atoms with Gasteiger partial charge in [-0.15, -0.1) is 0 Å². The second-order valence-corrected chi connectivity index (χ2v) is 8.13. The van der Waals surface area contributed by atoms with Gasteiger partial charge in [-0.05, 0) is 49.1 Å². The molecule has 2 aromatic carbocycles. The van der Waals surface area contributed by atoms with Gasteiger partial charge in [0.2, 0.25) is 5.91 Å². The van der Waals surface area contributed by atoms with Crippen LogP contribution in [0.1, 0.15) is 24.8 Å². The summed E-state index contributed by atoms with van der Waals surface area (Å²) in [7, 11) is 1.84. The Bertz CT molecular complexity index is 899. The van der Waals surface area contributed by atoms with Crippen LogP contribution in [0.4, 0.5) is 5.69 Å². The topological polar surface area (TPSA) is 49.6 Å². The van der Waals surface area contributed by atoms with Crippen molar-refractivity contribution < 1.29 is 9.21 Å². The molecule has 146 valence electrons. The van der Waals surface area contributed by atoms with E-state index in [1.807, 2.05) is 31.3 Å². The van der Waals surface area contributed by atoms with Crippen LogP contribution in [0.25, 0.3) is 11.1 Å². The van der Waals surface area contributed by atoms with Gasteiger partial charge in [0, 0.05) is 32.4 Å². The van der Waals surface area contributed by atoms with E-state index in [0.717, 1.165) is 29.8 Å². The number of benzene rings is 2. The standard InChI is InChI=1S/C22H25N3O2S/c1-24(15-17-9-11-18(12-10-17)25-13-5-2-6-14-25)21(26)16-28-22-23-19-7-3-4-8-20(19)27-22/h3-4,7-12H,2,5-6,13-16H2,1H3. The highest BCUT2D eigenvalue weighted by atomic mass is 32.2. The Balaban J connectivity index is 1.30. The van der Waals surface area contributed by atoms with Gasteiger partial charge in [0.25, 0.3) is 5.22 Å². The average molecular weight is 396 g/mol.